The van der Waals surface area contributed by atoms with Gasteiger partial charge in [-0.05, 0) is 58.5 Å². The van der Waals surface area contributed by atoms with E-state index in [-0.39, 0.29) is 5.54 Å². The van der Waals surface area contributed by atoms with Crippen LogP contribution in [0, 0.1) is 5.92 Å². The number of nitrogens with one attached hydrogen (secondary N) is 1. The normalized spacial score (nSPS) is 29.7. The fraction of sp³-hybridized carbons (Fsp3) is 1.00. The predicted molar refractivity (Wildman–Crippen MR) is 77.7 cm³/mol. The van der Waals surface area contributed by atoms with Gasteiger partial charge in [-0.2, -0.15) is 0 Å². The average molecular weight is 256 g/mol. The van der Waals surface area contributed by atoms with Crippen molar-refractivity contribution in [2.45, 2.75) is 70.9 Å². The SMILES string of the molecule is CCCC(CCN)CCCNC1(C)CCOC1C. The molecule has 1 rings (SSSR count). The van der Waals surface area contributed by atoms with Gasteiger partial charge in [0.15, 0.2) is 0 Å². The maximum atomic E-state index is 5.67. The molecule has 0 aromatic rings. The molecule has 0 amide bonds. The maximum Gasteiger partial charge on any atom is 0.0726 e. The molecule has 0 radical (unpaired) electrons. The van der Waals surface area contributed by atoms with Crippen molar-refractivity contribution in [3.05, 3.63) is 0 Å². The summed E-state index contributed by atoms with van der Waals surface area (Å²) in [6.07, 6.45) is 7.83. The van der Waals surface area contributed by atoms with Crippen LogP contribution in [0.4, 0.5) is 0 Å². The number of ether oxygens (including phenoxy) is 1. The third-order valence-corrected chi connectivity index (χ3v) is 4.48. The molecule has 0 saturated carbocycles. The van der Waals surface area contributed by atoms with Crippen LogP contribution in [0.1, 0.15) is 59.3 Å². The molecule has 1 saturated heterocycles. The molecule has 0 aliphatic carbocycles. The van der Waals surface area contributed by atoms with Crippen LogP contribution < -0.4 is 11.1 Å². The van der Waals surface area contributed by atoms with E-state index < -0.39 is 0 Å². The third kappa shape index (κ3) is 4.87. The molecule has 0 aromatic carbocycles. The van der Waals surface area contributed by atoms with E-state index in [2.05, 4.69) is 26.1 Å². The Morgan fingerprint density at radius 2 is 2.17 bits per heavy atom. The van der Waals surface area contributed by atoms with Gasteiger partial charge in [-0.3, -0.25) is 0 Å². The van der Waals surface area contributed by atoms with E-state index >= 15 is 0 Å². The summed E-state index contributed by atoms with van der Waals surface area (Å²) in [6, 6.07) is 0. The summed E-state index contributed by atoms with van der Waals surface area (Å²) in [6.45, 7) is 9.56. The Bertz CT molecular complexity index is 217. The molecule has 1 fully saturated rings. The Balaban J connectivity index is 2.16. The molecule has 1 aliphatic heterocycles. The minimum atomic E-state index is 0.189. The zero-order valence-electron chi connectivity index (χ0n) is 12.5. The van der Waals surface area contributed by atoms with E-state index in [1.54, 1.807) is 0 Å². The van der Waals surface area contributed by atoms with Crippen molar-refractivity contribution in [1.29, 1.82) is 0 Å². The molecule has 0 spiro atoms. The van der Waals surface area contributed by atoms with E-state index in [0.717, 1.165) is 32.0 Å². The van der Waals surface area contributed by atoms with E-state index in [1.807, 2.05) is 0 Å². The molecule has 0 bridgehead atoms. The summed E-state index contributed by atoms with van der Waals surface area (Å²) < 4.78 is 5.64. The molecular weight excluding hydrogens is 224 g/mol. The van der Waals surface area contributed by atoms with Crippen LogP contribution in [-0.4, -0.2) is 31.3 Å². The van der Waals surface area contributed by atoms with E-state index in [0.29, 0.717) is 6.10 Å². The topological polar surface area (TPSA) is 47.3 Å². The van der Waals surface area contributed by atoms with Crippen LogP contribution in [0.15, 0.2) is 0 Å². The zero-order valence-corrected chi connectivity index (χ0v) is 12.5. The molecule has 3 atom stereocenters. The van der Waals surface area contributed by atoms with Gasteiger partial charge in [-0.25, -0.2) is 0 Å². The Morgan fingerprint density at radius 3 is 2.72 bits per heavy atom. The van der Waals surface area contributed by atoms with Gasteiger partial charge in [-0.15, -0.1) is 0 Å². The Hall–Kier alpha value is -0.120. The third-order valence-electron chi connectivity index (χ3n) is 4.48. The van der Waals surface area contributed by atoms with Crippen molar-refractivity contribution in [1.82, 2.24) is 5.32 Å². The minimum absolute atomic E-state index is 0.189. The second kappa shape index (κ2) is 8.13. The van der Waals surface area contributed by atoms with E-state index in [4.69, 9.17) is 10.5 Å². The lowest BCUT2D eigenvalue weighted by Gasteiger charge is -2.29. The lowest BCUT2D eigenvalue weighted by atomic mass is 9.92. The lowest BCUT2D eigenvalue weighted by Crippen LogP contribution is -2.48. The minimum Gasteiger partial charge on any atom is -0.377 e. The largest absolute Gasteiger partial charge is 0.377 e. The smallest absolute Gasteiger partial charge is 0.0726 e. The van der Waals surface area contributed by atoms with Crippen molar-refractivity contribution in [3.8, 4) is 0 Å². The summed E-state index contributed by atoms with van der Waals surface area (Å²) in [5.41, 5.74) is 5.86. The van der Waals surface area contributed by atoms with Crippen LogP contribution in [0.2, 0.25) is 0 Å². The van der Waals surface area contributed by atoms with Crippen LogP contribution >= 0.6 is 0 Å². The highest BCUT2D eigenvalue weighted by molar-refractivity contribution is 4.93. The first kappa shape index (κ1) is 15.9. The summed E-state index contributed by atoms with van der Waals surface area (Å²) in [7, 11) is 0. The summed E-state index contributed by atoms with van der Waals surface area (Å²) >= 11 is 0. The number of rotatable bonds is 9. The Morgan fingerprint density at radius 1 is 1.39 bits per heavy atom. The first-order valence-corrected chi connectivity index (χ1v) is 7.69. The molecule has 1 heterocycles. The second-order valence-electron chi connectivity index (χ2n) is 5.98. The fourth-order valence-corrected chi connectivity index (χ4v) is 2.91. The Labute approximate surface area is 113 Å². The summed E-state index contributed by atoms with van der Waals surface area (Å²) in [5, 5.41) is 3.69. The molecule has 108 valence electrons. The molecule has 3 N–H and O–H groups in total. The van der Waals surface area contributed by atoms with Crippen molar-refractivity contribution in [2.24, 2.45) is 11.7 Å². The zero-order chi connectivity index (χ0) is 13.4. The van der Waals surface area contributed by atoms with Gasteiger partial charge in [0.05, 0.1) is 6.10 Å². The van der Waals surface area contributed by atoms with Gasteiger partial charge in [0.2, 0.25) is 0 Å². The van der Waals surface area contributed by atoms with Gasteiger partial charge in [0.1, 0.15) is 0 Å². The van der Waals surface area contributed by atoms with E-state index in [9.17, 15) is 0 Å². The van der Waals surface area contributed by atoms with Gasteiger partial charge < -0.3 is 15.8 Å². The number of hydrogen-bond acceptors (Lipinski definition) is 3. The van der Waals surface area contributed by atoms with Gasteiger partial charge >= 0.3 is 0 Å². The molecule has 1 aliphatic rings. The highest BCUT2D eigenvalue weighted by Gasteiger charge is 2.35. The number of nitrogens with two attached hydrogens (primary N) is 1. The maximum absolute atomic E-state index is 5.67. The van der Waals surface area contributed by atoms with E-state index in [1.165, 1.54) is 32.1 Å². The standard InChI is InChI=1S/C15H32N2O/c1-4-6-14(8-10-16)7-5-11-17-15(3)9-12-18-13(15)2/h13-14,17H,4-12,16H2,1-3H3. The van der Waals surface area contributed by atoms with Gasteiger partial charge in [-0.1, -0.05) is 19.8 Å². The Kier molecular flexibility index (Phi) is 7.20. The molecule has 3 nitrogen and oxygen atoms in total. The highest BCUT2D eigenvalue weighted by Crippen LogP contribution is 2.25. The fourth-order valence-electron chi connectivity index (χ4n) is 2.91. The first-order chi connectivity index (χ1) is 8.62. The molecule has 3 unspecified atom stereocenters. The van der Waals surface area contributed by atoms with Gasteiger partial charge in [0.25, 0.3) is 0 Å². The van der Waals surface area contributed by atoms with Crippen molar-refractivity contribution >= 4 is 0 Å². The molecule has 0 aromatic heterocycles. The summed E-state index contributed by atoms with van der Waals surface area (Å²) in [5.74, 6) is 0.826. The predicted octanol–water partition coefficient (Wildman–Crippen LogP) is 2.69. The monoisotopic (exact) mass is 256 g/mol. The lowest BCUT2D eigenvalue weighted by molar-refractivity contribution is 0.0885. The average Bonchev–Trinajstić information content (AvgIpc) is 2.66. The molecule has 18 heavy (non-hydrogen) atoms. The highest BCUT2D eigenvalue weighted by atomic mass is 16.5. The first-order valence-electron chi connectivity index (χ1n) is 7.69. The molecular formula is C15H32N2O. The summed E-state index contributed by atoms with van der Waals surface area (Å²) in [4.78, 5) is 0. The molecule has 3 heteroatoms. The van der Waals surface area contributed by atoms with Crippen molar-refractivity contribution in [2.75, 3.05) is 19.7 Å². The quantitative estimate of drug-likeness (QED) is 0.624. The van der Waals surface area contributed by atoms with Crippen molar-refractivity contribution < 1.29 is 4.74 Å². The van der Waals surface area contributed by atoms with Crippen LogP contribution in [-0.2, 0) is 4.74 Å². The van der Waals surface area contributed by atoms with Crippen LogP contribution in [0.5, 0.6) is 0 Å². The van der Waals surface area contributed by atoms with Crippen molar-refractivity contribution in [3.63, 3.8) is 0 Å². The number of hydrogen-bond donors (Lipinski definition) is 2. The van der Waals surface area contributed by atoms with Crippen LogP contribution in [0.25, 0.3) is 0 Å². The van der Waals surface area contributed by atoms with Gasteiger partial charge in [0, 0.05) is 12.1 Å². The second-order valence-corrected chi connectivity index (χ2v) is 5.98. The van der Waals surface area contributed by atoms with Crippen LogP contribution in [0.3, 0.4) is 0 Å².